The van der Waals surface area contributed by atoms with Crippen LogP contribution < -0.4 is 0 Å². The first kappa shape index (κ1) is 17.3. The molecule has 0 aromatic carbocycles. The van der Waals surface area contributed by atoms with E-state index in [2.05, 4.69) is 24.5 Å². The molecular weight excluding hydrogens is 320 g/mol. The molecule has 2 fully saturated rings. The summed E-state index contributed by atoms with van der Waals surface area (Å²) in [7, 11) is 0. The second-order valence-corrected chi connectivity index (χ2v) is 8.13. The number of amides is 2. The predicted molar refractivity (Wildman–Crippen MR) is 99.0 cm³/mol. The summed E-state index contributed by atoms with van der Waals surface area (Å²) in [6.45, 7) is 8.00. The maximum Gasteiger partial charge on any atom is 0.293 e. The number of nitrogens with zero attached hydrogens (tertiary/aromatic N) is 2. The van der Waals surface area contributed by atoms with E-state index < -0.39 is 0 Å². The fraction of sp³-hybridized carbons (Fsp3) is 0.579. The van der Waals surface area contributed by atoms with Crippen LogP contribution in [0.5, 0.6) is 0 Å². The molecule has 1 aliphatic carbocycles. The van der Waals surface area contributed by atoms with Crippen LogP contribution in [0.4, 0.5) is 4.79 Å². The van der Waals surface area contributed by atoms with Crippen molar-refractivity contribution in [2.24, 2.45) is 0 Å². The van der Waals surface area contributed by atoms with E-state index in [-0.39, 0.29) is 17.2 Å². The van der Waals surface area contributed by atoms with E-state index >= 15 is 0 Å². The predicted octanol–water partition coefficient (Wildman–Crippen LogP) is 5.05. The summed E-state index contributed by atoms with van der Waals surface area (Å²) in [5.74, 6) is -0.164. The lowest BCUT2D eigenvalue weighted by atomic mass is 9.95. The average Bonchev–Trinajstić information content (AvgIpc) is 2.96. The van der Waals surface area contributed by atoms with Gasteiger partial charge in [0, 0.05) is 23.5 Å². The van der Waals surface area contributed by atoms with Gasteiger partial charge in [0.25, 0.3) is 11.1 Å². The molecule has 2 aliphatic rings. The van der Waals surface area contributed by atoms with Gasteiger partial charge in [0.1, 0.15) is 0 Å². The highest BCUT2D eigenvalue weighted by Gasteiger charge is 2.36. The second-order valence-electron chi connectivity index (χ2n) is 7.13. The zero-order valence-electron chi connectivity index (χ0n) is 15.0. The van der Waals surface area contributed by atoms with Gasteiger partial charge in [-0.15, -0.1) is 0 Å². The summed E-state index contributed by atoms with van der Waals surface area (Å²) in [5.41, 5.74) is 3.51. The largest absolute Gasteiger partial charge is 0.346 e. The Morgan fingerprint density at radius 1 is 1.17 bits per heavy atom. The minimum Gasteiger partial charge on any atom is -0.346 e. The lowest BCUT2D eigenvalue weighted by Gasteiger charge is -2.26. The summed E-state index contributed by atoms with van der Waals surface area (Å²) in [6, 6.07) is 2.62. The van der Waals surface area contributed by atoms with E-state index in [0.717, 1.165) is 17.3 Å². The Hall–Kier alpha value is -1.49. The summed E-state index contributed by atoms with van der Waals surface area (Å²) in [6.07, 6.45) is 8.30. The average molecular weight is 346 g/mol. The van der Waals surface area contributed by atoms with E-state index in [1.807, 2.05) is 19.9 Å². The van der Waals surface area contributed by atoms with Crippen molar-refractivity contribution in [3.63, 3.8) is 0 Å². The van der Waals surface area contributed by atoms with Crippen molar-refractivity contribution in [3.05, 3.63) is 27.9 Å². The Morgan fingerprint density at radius 2 is 1.83 bits per heavy atom. The SMILES string of the molecule is Cc1cc(/C=C2/SC(=O)N(C(C)C)C2=O)c(C)n1C1CCCCC1. The van der Waals surface area contributed by atoms with Crippen LogP contribution in [0, 0.1) is 13.8 Å². The molecule has 1 aromatic heterocycles. The number of carbonyl (C=O) groups is 2. The fourth-order valence-corrected chi connectivity index (χ4v) is 4.87. The van der Waals surface area contributed by atoms with Crippen molar-refractivity contribution in [1.82, 2.24) is 9.47 Å². The van der Waals surface area contributed by atoms with Crippen molar-refractivity contribution < 1.29 is 9.59 Å². The van der Waals surface area contributed by atoms with Crippen LogP contribution in [0.3, 0.4) is 0 Å². The standard InChI is InChI=1S/C19H26N2O2S/c1-12(2)20-18(22)17(24-19(20)23)11-15-10-13(3)21(14(15)4)16-8-6-5-7-9-16/h10-12,16H,5-9H2,1-4H3/b17-11+. The van der Waals surface area contributed by atoms with Gasteiger partial charge >= 0.3 is 0 Å². The van der Waals surface area contributed by atoms with E-state index in [1.165, 1.54) is 48.4 Å². The monoisotopic (exact) mass is 346 g/mol. The molecule has 0 N–H and O–H groups in total. The van der Waals surface area contributed by atoms with Crippen LogP contribution in [0.1, 0.15) is 68.9 Å². The van der Waals surface area contributed by atoms with E-state index in [4.69, 9.17) is 0 Å². The first-order valence-electron chi connectivity index (χ1n) is 8.85. The van der Waals surface area contributed by atoms with Crippen molar-refractivity contribution >= 4 is 29.0 Å². The molecule has 2 heterocycles. The van der Waals surface area contributed by atoms with Gasteiger partial charge in [-0.3, -0.25) is 14.5 Å². The first-order valence-corrected chi connectivity index (χ1v) is 9.67. The zero-order valence-corrected chi connectivity index (χ0v) is 15.8. The van der Waals surface area contributed by atoms with Crippen LogP contribution in [0.2, 0.25) is 0 Å². The fourth-order valence-electron chi connectivity index (χ4n) is 3.92. The molecule has 1 aromatic rings. The van der Waals surface area contributed by atoms with Crippen molar-refractivity contribution in [1.29, 1.82) is 0 Å². The van der Waals surface area contributed by atoms with Gasteiger partial charge in [0.05, 0.1) is 4.91 Å². The first-order chi connectivity index (χ1) is 11.4. The van der Waals surface area contributed by atoms with Crippen LogP contribution in [0.25, 0.3) is 6.08 Å². The lowest BCUT2D eigenvalue weighted by Crippen LogP contribution is -2.34. The van der Waals surface area contributed by atoms with Crippen molar-refractivity contribution in [3.8, 4) is 0 Å². The van der Waals surface area contributed by atoms with E-state index in [1.54, 1.807) is 0 Å². The molecule has 1 saturated heterocycles. The molecule has 1 saturated carbocycles. The lowest BCUT2D eigenvalue weighted by molar-refractivity contribution is -0.123. The van der Waals surface area contributed by atoms with Gasteiger partial charge in [-0.05, 0) is 70.0 Å². The number of hydrogen-bond donors (Lipinski definition) is 0. The number of thioether (sulfide) groups is 1. The third-order valence-corrected chi connectivity index (χ3v) is 5.97. The number of aromatic nitrogens is 1. The Bertz CT molecular complexity index is 696. The maximum atomic E-state index is 12.5. The highest BCUT2D eigenvalue weighted by molar-refractivity contribution is 8.18. The second kappa shape index (κ2) is 6.79. The Labute approximate surface area is 148 Å². The Kier molecular flexibility index (Phi) is 4.90. The van der Waals surface area contributed by atoms with Gasteiger partial charge in [-0.25, -0.2) is 0 Å². The van der Waals surface area contributed by atoms with Crippen molar-refractivity contribution in [2.45, 2.75) is 71.9 Å². The summed E-state index contributed by atoms with van der Waals surface area (Å²) in [5, 5.41) is -0.165. The molecule has 0 unspecified atom stereocenters. The number of carbonyl (C=O) groups excluding carboxylic acids is 2. The molecular formula is C19H26N2O2S. The van der Waals surface area contributed by atoms with Gasteiger partial charge in [-0.2, -0.15) is 0 Å². The number of rotatable bonds is 3. The van der Waals surface area contributed by atoms with Gasteiger partial charge in [0.15, 0.2) is 0 Å². The number of imide groups is 1. The summed E-state index contributed by atoms with van der Waals surface area (Å²) in [4.78, 5) is 26.4. The third kappa shape index (κ3) is 3.06. The molecule has 0 radical (unpaired) electrons. The van der Waals surface area contributed by atoms with Gasteiger partial charge in [-0.1, -0.05) is 19.3 Å². The van der Waals surface area contributed by atoms with E-state index in [9.17, 15) is 9.59 Å². The topological polar surface area (TPSA) is 42.3 Å². The molecule has 0 atom stereocenters. The molecule has 1 aliphatic heterocycles. The maximum absolute atomic E-state index is 12.5. The zero-order chi connectivity index (χ0) is 17.4. The van der Waals surface area contributed by atoms with Crippen LogP contribution in [-0.4, -0.2) is 26.7 Å². The minimum absolute atomic E-state index is 0.0990. The highest BCUT2D eigenvalue weighted by Crippen LogP contribution is 2.36. The molecule has 5 heteroatoms. The van der Waals surface area contributed by atoms with Crippen molar-refractivity contribution in [2.75, 3.05) is 0 Å². The molecule has 0 bridgehead atoms. The highest BCUT2D eigenvalue weighted by atomic mass is 32.2. The summed E-state index contributed by atoms with van der Waals surface area (Å²) >= 11 is 1.05. The number of hydrogen-bond acceptors (Lipinski definition) is 3. The van der Waals surface area contributed by atoms with Crippen LogP contribution >= 0.6 is 11.8 Å². The smallest absolute Gasteiger partial charge is 0.293 e. The summed E-state index contributed by atoms with van der Waals surface area (Å²) < 4.78 is 2.43. The minimum atomic E-state index is -0.165. The van der Waals surface area contributed by atoms with Gasteiger partial charge < -0.3 is 4.57 Å². The van der Waals surface area contributed by atoms with Gasteiger partial charge in [0.2, 0.25) is 0 Å². The molecule has 3 rings (SSSR count). The molecule has 0 spiro atoms. The van der Waals surface area contributed by atoms with E-state index in [0.29, 0.717) is 10.9 Å². The Balaban J connectivity index is 1.91. The van der Waals surface area contributed by atoms with Crippen LogP contribution in [-0.2, 0) is 4.79 Å². The molecule has 2 amide bonds. The quantitative estimate of drug-likeness (QED) is 0.719. The van der Waals surface area contributed by atoms with Crippen LogP contribution in [0.15, 0.2) is 11.0 Å². The number of aryl methyl sites for hydroxylation is 1. The normalized spacial score (nSPS) is 21.5. The molecule has 24 heavy (non-hydrogen) atoms. The Morgan fingerprint density at radius 3 is 2.42 bits per heavy atom. The molecule has 4 nitrogen and oxygen atoms in total. The third-order valence-electron chi connectivity index (χ3n) is 5.09. The molecule has 130 valence electrons.